The van der Waals surface area contributed by atoms with E-state index in [9.17, 15) is 4.79 Å². The molecule has 2 heteroatoms. The minimum Gasteiger partial charge on any atom is -0.361 e. The molecule has 2 aliphatic heterocycles. The molecule has 2 rings (SSSR count). The van der Waals surface area contributed by atoms with Crippen molar-refractivity contribution < 1.29 is 4.79 Å². The second-order valence-corrected chi connectivity index (χ2v) is 2.99. The Hall–Kier alpha value is -1.05. The zero-order valence-electron chi connectivity index (χ0n) is 6.42. The lowest BCUT2D eigenvalue weighted by Gasteiger charge is -2.16. The highest BCUT2D eigenvalue weighted by Crippen LogP contribution is 2.17. The fourth-order valence-corrected chi connectivity index (χ4v) is 1.54. The Morgan fingerprint density at radius 2 is 2.36 bits per heavy atom. The van der Waals surface area contributed by atoms with Crippen LogP contribution in [0.15, 0.2) is 23.9 Å². The van der Waals surface area contributed by atoms with Gasteiger partial charge in [-0.15, -0.1) is 0 Å². The van der Waals surface area contributed by atoms with Crippen LogP contribution in [-0.4, -0.2) is 23.8 Å². The molecule has 58 valence electrons. The van der Waals surface area contributed by atoms with Crippen LogP contribution in [0.25, 0.3) is 0 Å². The molecule has 0 bridgehead atoms. The number of carbonyl (C=O) groups excluding carboxylic acids is 1. The van der Waals surface area contributed by atoms with Gasteiger partial charge in [0.2, 0.25) is 0 Å². The molecule has 2 aliphatic rings. The van der Waals surface area contributed by atoms with E-state index in [1.807, 2.05) is 0 Å². The Morgan fingerprint density at radius 3 is 3.27 bits per heavy atom. The number of hydrogen-bond acceptors (Lipinski definition) is 2. The van der Waals surface area contributed by atoms with Gasteiger partial charge >= 0.3 is 0 Å². The summed E-state index contributed by atoms with van der Waals surface area (Å²) in [6, 6.07) is 0. The molecule has 0 amide bonds. The Bertz CT molecular complexity index is 240. The van der Waals surface area contributed by atoms with E-state index in [-0.39, 0.29) is 0 Å². The van der Waals surface area contributed by atoms with Gasteiger partial charge in [-0.2, -0.15) is 0 Å². The van der Waals surface area contributed by atoms with Crippen molar-refractivity contribution >= 4 is 5.78 Å². The van der Waals surface area contributed by atoms with E-state index >= 15 is 0 Å². The van der Waals surface area contributed by atoms with Gasteiger partial charge in [0.1, 0.15) is 0 Å². The summed E-state index contributed by atoms with van der Waals surface area (Å²) in [7, 11) is 0. The molecule has 0 saturated heterocycles. The maximum Gasteiger partial charge on any atom is 0.152 e. The van der Waals surface area contributed by atoms with Crippen LogP contribution in [0.1, 0.15) is 12.8 Å². The largest absolute Gasteiger partial charge is 0.361 e. The Morgan fingerprint density at radius 1 is 1.45 bits per heavy atom. The van der Waals surface area contributed by atoms with Crippen LogP contribution in [0.2, 0.25) is 0 Å². The number of nitrogens with zero attached hydrogens (tertiary/aromatic N) is 1. The molecule has 0 spiro atoms. The molecule has 0 aliphatic carbocycles. The fourth-order valence-electron chi connectivity index (χ4n) is 1.54. The van der Waals surface area contributed by atoms with Crippen molar-refractivity contribution in [3.63, 3.8) is 0 Å². The molecule has 0 fully saturated rings. The van der Waals surface area contributed by atoms with Gasteiger partial charge < -0.3 is 4.90 Å². The summed E-state index contributed by atoms with van der Waals surface area (Å²) in [5, 5.41) is 0. The number of allylic oxidation sites excluding steroid dienone is 2. The topological polar surface area (TPSA) is 20.3 Å². The van der Waals surface area contributed by atoms with E-state index in [1.165, 1.54) is 5.70 Å². The number of ketones is 1. The van der Waals surface area contributed by atoms with Gasteiger partial charge in [-0.05, 0) is 12.5 Å². The zero-order chi connectivity index (χ0) is 7.68. The summed E-state index contributed by atoms with van der Waals surface area (Å²) in [6.45, 7) is 1.52. The van der Waals surface area contributed by atoms with Crippen molar-refractivity contribution in [3.8, 4) is 0 Å². The highest BCUT2D eigenvalue weighted by Gasteiger charge is 2.17. The van der Waals surface area contributed by atoms with Gasteiger partial charge in [0.05, 0.1) is 6.54 Å². The summed E-state index contributed by atoms with van der Waals surface area (Å²) in [4.78, 5) is 13.2. The number of fused-ring (bicyclic) bond motifs is 1. The summed E-state index contributed by atoms with van der Waals surface area (Å²) in [6.07, 6.45) is 7.97. The van der Waals surface area contributed by atoms with Crippen molar-refractivity contribution in [3.05, 3.63) is 23.9 Å². The quantitative estimate of drug-likeness (QED) is 0.514. The number of carbonyl (C=O) groups is 1. The predicted molar refractivity (Wildman–Crippen MR) is 43.0 cm³/mol. The first-order chi connectivity index (χ1) is 5.36. The second-order valence-electron chi connectivity index (χ2n) is 2.99. The highest BCUT2D eigenvalue weighted by molar-refractivity contribution is 5.81. The summed E-state index contributed by atoms with van der Waals surface area (Å²) < 4.78 is 0. The van der Waals surface area contributed by atoms with Crippen molar-refractivity contribution in [2.24, 2.45) is 0 Å². The van der Waals surface area contributed by atoms with Gasteiger partial charge in [0.25, 0.3) is 0 Å². The van der Waals surface area contributed by atoms with Crippen LogP contribution in [0, 0.1) is 0 Å². The molecular weight excluding hydrogens is 138 g/mol. The van der Waals surface area contributed by atoms with Crippen LogP contribution in [-0.2, 0) is 4.79 Å². The average Bonchev–Trinajstić information content (AvgIpc) is 2.31. The van der Waals surface area contributed by atoms with E-state index in [4.69, 9.17) is 0 Å². The predicted octanol–water partition coefficient (Wildman–Crippen LogP) is 1.10. The first-order valence-corrected chi connectivity index (χ1v) is 3.99. The van der Waals surface area contributed by atoms with Gasteiger partial charge in [0, 0.05) is 18.7 Å². The first kappa shape index (κ1) is 6.65. The molecule has 0 aromatic carbocycles. The van der Waals surface area contributed by atoms with Gasteiger partial charge in [-0.3, -0.25) is 4.79 Å². The van der Waals surface area contributed by atoms with Crippen molar-refractivity contribution in [2.75, 3.05) is 13.1 Å². The third-order valence-electron chi connectivity index (χ3n) is 2.12. The minimum absolute atomic E-state index is 0.361. The van der Waals surface area contributed by atoms with Crippen LogP contribution in [0.5, 0.6) is 0 Å². The van der Waals surface area contributed by atoms with Crippen LogP contribution in [0.4, 0.5) is 0 Å². The monoisotopic (exact) mass is 149 g/mol. The van der Waals surface area contributed by atoms with Crippen LogP contribution >= 0.6 is 0 Å². The van der Waals surface area contributed by atoms with Crippen LogP contribution in [0.3, 0.4) is 0 Å². The Kier molecular flexibility index (Phi) is 1.53. The van der Waals surface area contributed by atoms with Crippen molar-refractivity contribution in [1.29, 1.82) is 0 Å². The van der Waals surface area contributed by atoms with E-state index in [0.717, 1.165) is 13.0 Å². The van der Waals surface area contributed by atoms with Crippen molar-refractivity contribution in [1.82, 2.24) is 4.90 Å². The van der Waals surface area contributed by atoms with E-state index < -0.39 is 0 Å². The molecule has 11 heavy (non-hydrogen) atoms. The standard InChI is InChI=1S/C9H11NO/c11-9-5-1-3-8-4-2-6-10(8)7-9/h2-4H,1,5-7H2. The molecule has 0 N–H and O–H groups in total. The molecule has 2 nitrogen and oxygen atoms in total. The number of rotatable bonds is 0. The lowest BCUT2D eigenvalue weighted by atomic mass is 10.2. The molecule has 0 unspecified atom stereocenters. The average molecular weight is 149 g/mol. The molecule has 0 aromatic heterocycles. The lowest BCUT2D eigenvalue weighted by Crippen LogP contribution is -2.24. The van der Waals surface area contributed by atoms with Gasteiger partial charge in [-0.25, -0.2) is 0 Å². The summed E-state index contributed by atoms with van der Waals surface area (Å²) >= 11 is 0. The molecule has 0 aromatic rings. The minimum atomic E-state index is 0.361. The summed E-state index contributed by atoms with van der Waals surface area (Å²) in [5.74, 6) is 0.361. The van der Waals surface area contributed by atoms with Gasteiger partial charge in [-0.1, -0.05) is 12.2 Å². The zero-order valence-corrected chi connectivity index (χ0v) is 6.42. The molecule has 2 heterocycles. The Labute approximate surface area is 66.2 Å². The molecular formula is C9H11NO. The van der Waals surface area contributed by atoms with E-state index in [1.54, 1.807) is 0 Å². The maximum absolute atomic E-state index is 11.1. The lowest BCUT2D eigenvalue weighted by molar-refractivity contribution is -0.119. The molecule has 0 atom stereocenters. The summed E-state index contributed by atoms with van der Waals surface area (Å²) in [5.41, 5.74) is 1.23. The highest BCUT2D eigenvalue weighted by atomic mass is 16.1. The SMILES string of the molecule is O=C1CCC=C2C=CCN2C1. The smallest absolute Gasteiger partial charge is 0.152 e. The maximum atomic E-state index is 11.1. The normalized spacial score (nSPS) is 23.1. The molecule has 0 radical (unpaired) electrons. The fraction of sp³-hybridized carbons (Fsp3) is 0.444. The second kappa shape index (κ2) is 2.53. The van der Waals surface area contributed by atoms with Crippen LogP contribution < -0.4 is 0 Å². The van der Waals surface area contributed by atoms with Gasteiger partial charge in [0.15, 0.2) is 5.78 Å². The van der Waals surface area contributed by atoms with E-state index in [0.29, 0.717) is 18.7 Å². The first-order valence-electron chi connectivity index (χ1n) is 3.99. The third kappa shape index (κ3) is 1.20. The number of Topliss-reactive ketones (excluding diaryl/α,β-unsaturated/α-hetero) is 1. The van der Waals surface area contributed by atoms with E-state index in [2.05, 4.69) is 23.1 Å². The Balaban J connectivity index is 2.19. The number of hydrogen-bond donors (Lipinski definition) is 0. The molecule has 0 saturated carbocycles. The van der Waals surface area contributed by atoms with Crippen molar-refractivity contribution in [2.45, 2.75) is 12.8 Å². The third-order valence-corrected chi connectivity index (χ3v) is 2.12.